The molecule has 1 fully saturated rings. The van der Waals surface area contributed by atoms with Crippen molar-refractivity contribution in [1.29, 1.82) is 0 Å². The van der Waals surface area contributed by atoms with Crippen molar-refractivity contribution in [2.45, 2.75) is 25.8 Å². The minimum atomic E-state index is -0.721. The first-order valence-corrected chi connectivity index (χ1v) is 7.15. The van der Waals surface area contributed by atoms with Crippen LogP contribution in [-0.4, -0.2) is 32.1 Å². The zero-order valence-electron chi connectivity index (χ0n) is 11.9. The lowest BCUT2D eigenvalue weighted by Crippen LogP contribution is -2.33. The van der Waals surface area contributed by atoms with Crippen LogP contribution in [0.4, 0.5) is 10.1 Å². The summed E-state index contributed by atoms with van der Waals surface area (Å²) in [4.78, 5) is 25.4. The molecule has 0 saturated heterocycles. The lowest BCUT2D eigenvalue weighted by molar-refractivity contribution is -0.116. The predicted molar refractivity (Wildman–Crippen MR) is 78.2 cm³/mol. The van der Waals surface area contributed by atoms with Gasteiger partial charge in [0.2, 0.25) is 5.91 Å². The van der Waals surface area contributed by atoms with Crippen LogP contribution < -0.4 is 9.64 Å². The monoisotopic (exact) mass is 359 g/mol. The highest BCUT2D eigenvalue weighted by molar-refractivity contribution is 9.10. The number of amides is 1. The largest absolute Gasteiger partial charge is 0.493 e. The van der Waals surface area contributed by atoms with Gasteiger partial charge in [0, 0.05) is 13.0 Å². The summed E-state index contributed by atoms with van der Waals surface area (Å²) in [6.45, 7) is 1.40. The van der Waals surface area contributed by atoms with Crippen molar-refractivity contribution in [3.63, 3.8) is 0 Å². The van der Waals surface area contributed by atoms with Crippen molar-refractivity contribution in [3.8, 4) is 5.75 Å². The molecular formula is C14H15BrFNO4. The molecule has 1 aliphatic rings. The first kappa shape index (κ1) is 15.8. The van der Waals surface area contributed by atoms with Gasteiger partial charge in [-0.15, -0.1) is 0 Å². The summed E-state index contributed by atoms with van der Waals surface area (Å²) in [7, 11) is 2.56. The fourth-order valence-corrected chi connectivity index (χ4v) is 2.68. The van der Waals surface area contributed by atoms with Crippen LogP contribution in [-0.2, 0) is 9.53 Å². The molecule has 1 amide bonds. The number of benzene rings is 1. The van der Waals surface area contributed by atoms with Gasteiger partial charge in [-0.3, -0.25) is 4.79 Å². The number of carbonyl (C=O) groups is 2. The smallest absolute Gasteiger partial charge is 0.340 e. The number of rotatable bonds is 4. The summed E-state index contributed by atoms with van der Waals surface area (Å²) in [5.74, 6) is -1.51. The highest BCUT2D eigenvalue weighted by atomic mass is 79.9. The van der Waals surface area contributed by atoms with Crippen molar-refractivity contribution in [2.24, 2.45) is 0 Å². The SMILES string of the molecule is COC(=O)c1cc(F)c(Br)c(OC)c1N(C(C)=O)C1CC1. The van der Waals surface area contributed by atoms with E-state index in [0.29, 0.717) is 0 Å². The van der Waals surface area contributed by atoms with E-state index in [9.17, 15) is 14.0 Å². The second kappa shape index (κ2) is 6.01. The number of hydrogen-bond donors (Lipinski definition) is 0. The lowest BCUT2D eigenvalue weighted by atomic mass is 10.1. The Balaban J connectivity index is 2.72. The molecule has 5 nitrogen and oxygen atoms in total. The third-order valence-electron chi connectivity index (χ3n) is 3.25. The fraction of sp³-hybridized carbons (Fsp3) is 0.429. The standard InChI is InChI=1S/C14H15BrFNO4/c1-7(18)17(8-4-5-8)12-9(14(19)21-3)6-10(16)11(15)13(12)20-2/h6,8H,4-5H2,1-3H3. The average molecular weight is 360 g/mol. The Morgan fingerprint density at radius 3 is 2.43 bits per heavy atom. The quantitative estimate of drug-likeness (QED) is 0.775. The molecular weight excluding hydrogens is 345 g/mol. The van der Waals surface area contributed by atoms with Gasteiger partial charge < -0.3 is 14.4 Å². The van der Waals surface area contributed by atoms with E-state index in [4.69, 9.17) is 4.74 Å². The summed E-state index contributed by atoms with van der Waals surface area (Å²) in [6.07, 6.45) is 1.66. The summed E-state index contributed by atoms with van der Waals surface area (Å²) >= 11 is 3.09. The number of carbonyl (C=O) groups excluding carboxylic acids is 2. The second-order valence-corrected chi connectivity index (χ2v) is 5.51. The van der Waals surface area contributed by atoms with E-state index in [2.05, 4.69) is 20.7 Å². The van der Waals surface area contributed by atoms with Gasteiger partial charge in [0.1, 0.15) is 11.5 Å². The maximum atomic E-state index is 13.9. The molecule has 0 atom stereocenters. The number of hydrogen-bond acceptors (Lipinski definition) is 4. The average Bonchev–Trinajstić information content (AvgIpc) is 3.26. The van der Waals surface area contributed by atoms with E-state index < -0.39 is 11.8 Å². The zero-order chi connectivity index (χ0) is 15.7. The van der Waals surface area contributed by atoms with Crippen LogP contribution in [0.2, 0.25) is 0 Å². The van der Waals surface area contributed by atoms with Gasteiger partial charge in [0.25, 0.3) is 0 Å². The molecule has 1 aromatic rings. The molecule has 114 valence electrons. The maximum absolute atomic E-state index is 13.9. The third kappa shape index (κ3) is 2.88. The number of anilines is 1. The van der Waals surface area contributed by atoms with Crippen molar-refractivity contribution in [2.75, 3.05) is 19.1 Å². The van der Waals surface area contributed by atoms with Crippen molar-refractivity contribution >= 4 is 33.5 Å². The Labute approximate surface area is 130 Å². The molecule has 1 saturated carbocycles. The van der Waals surface area contributed by atoms with Crippen molar-refractivity contribution in [1.82, 2.24) is 0 Å². The molecule has 2 rings (SSSR count). The number of esters is 1. The molecule has 0 unspecified atom stereocenters. The van der Waals surface area contributed by atoms with Crippen LogP contribution in [0.25, 0.3) is 0 Å². The molecule has 1 aliphatic carbocycles. The molecule has 0 bridgehead atoms. The van der Waals surface area contributed by atoms with Crippen molar-refractivity contribution in [3.05, 3.63) is 21.9 Å². The molecule has 0 aliphatic heterocycles. The summed E-state index contributed by atoms with van der Waals surface area (Å²) in [5.41, 5.74) is 0.213. The third-order valence-corrected chi connectivity index (χ3v) is 3.99. The molecule has 0 heterocycles. The Hall–Kier alpha value is -1.63. The predicted octanol–water partition coefficient (Wildman–Crippen LogP) is 2.90. The molecule has 0 radical (unpaired) electrons. The fourth-order valence-electron chi connectivity index (χ4n) is 2.21. The van der Waals surface area contributed by atoms with Gasteiger partial charge in [0.15, 0.2) is 5.75 Å². The normalized spacial score (nSPS) is 13.8. The van der Waals surface area contributed by atoms with Gasteiger partial charge in [0.05, 0.1) is 24.3 Å². The number of ether oxygens (including phenoxy) is 2. The molecule has 0 spiro atoms. The van der Waals surface area contributed by atoms with Gasteiger partial charge in [-0.05, 0) is 34.8 Å². The Bertz CT molecular complexity index is 601. The second-order valence-electron chi connectivity index (χ2n) is 4.71. The first-order valence-electron chi connectivity index (χ1n) is 6.36. The minimum absolute atomic E-state index is 0.00262. The van der Waals surface area contributed by atoms with Gasteiger partial charge in [-0.25, -0.2) is 9.18 Å². The molecule has 1 aromatic carbocycles. The highest BCUT2D eigenvalue weighted by Crippen LogP contribution is 2.44. The number of methoxy groups -OCH3 is 2. The van der Waals surface area contributed by atoms with Gasteiger partial charge in [-0.2, -0.15) is 0 Å². The molecule has 0 aromatic heterocycles. The summed E-state index contributed by atoms with van der Waals surface area (Å²) in [5, 5.41) is 0. The van der Waals surface area contributed by atoms with Crippen LogP contribution in [0.5, 0.6) is 5.75 Å². The Morgan fingerprint density at radius 2 is 2.00 bits per heavy atom. The van der Waals surface area contributed by atoms with Gasteiger partial charge in [-0.1, -0.05) is 0 Å². The van der Waals surface area contributed by atoms with Crippen LogP contribution in [0.15, 0.2) is 10.5 Å². The minimum Gasteiger partial charge on any atom is -0.493 e. The van der Waals surface area contributed by atoms with Crippen LogP contribution in [0.3, 0.4) is 0 Å². The van der Waals surface area contributed by atoms with Crippen LogP contribution in [0, 0.1) is 5.82 Å². The van der Waals surface area contributed by atoms with Crippen LogP contribution in [0.1, 0.15) is 30.1 Å². The number of halogens is 2. The van der Waals surface area contributed by atoms with E-state index >= 15 is 0 Å². The maximum Gasteiger partial charge on any atom is 0.340 e. The summed E-state index contributed by atoms with van der Waals surface area (Å²) in [6, 6.07) is 1.05. The van der Waals surface area contributed by atoms with E-state index in [1.807, 2.05) is 0 Å². The van der Waals surface area contributed by atoms with Crippen molar-refractivity contribution < 1.29 is 23.5 Å². The van der Waals surface area contributed by atoms with Crippen LogP contribution >= 0.6 is 15.9 Å². The Morgan fingerprint density at radius 1 is 1.38 bits per heavy atom. The number of nitrogens with zero attached hydrogens (tertiary/aromatic N) is 1. The molecule has 7 heteroatoms. The van der Waals surface area contributed by atoms with E-state index in [-0.39, 0.29) is 33.4 Å². The first-order chi connectivity index (χ1) is 9.92. The topological polar surface area (TPSA) is 55.8 Å². The van der Waals surface area contributed by atoms with E-state index in [0.717, 1.165) is 18.9 Å². The molecule has 0 N–H and O–H groups in total. The Kier molecular flexibility index (Phi) is 4.51. The van der Waals surface area contributed by atoms with E-state index in [1.165, 1.54) is 26.0 Å². The molecule has 21 heavy (non-hydrogen) atoms. The zero-order valence-corrected chi connectivity index (χ0v) is 13.5. The van der Waals surface area contributed by atoms with E-state index in [1.54, 1.807) is 0 Å². The summed E-state index contributed by atoms with van der Waals surface area (Å²) < 4.78 is 23.9. The lowest BCUT2D eigenvalue weighted by Gasteiger charge is -2.26. The highest BCUT2D eigenvalue weighted by Gasteiger charge is 2.37. The van der Waals surface area contributed by atoms with Gasteiger partial charge >= 0.3 is 5.97 Å².